The molecule has 0 radical (unpaired) electrons. The molecule has 1 aliphatic heterocycles. The van der Waals surface area contributed by atoms with Gasteiger partial charge in [0.15, 0.2) is 0 Å². The Bertz CT molecular complexity index is 1310. The molecule has 7 heteroatoms. The normalized spacial score (nSPS) is 26.3. The number of amides is 1. The number of aromatic nitrogens is 1. The van der Waals surface area contributed by atoms with Crippen molar-refractivity contribution in [3.05, 3.63) is 74.2 Å². The fourth-order valence-electron chi connectivity index (χ4n) is 6.42. The molecule has 5 nitrogen and oxygen atoms in total. The van der Waals surface area contributed by atoms with E-state index >= 15 is 0 Å². The van der Waals surface area contributed by atoms with Gasteiger partial charge >= 0.3 is 4.87 Å². The van der Waals surface area contributed by atoms with Crippen LogP contribution in [0.25, 0.3) is 0 Å². The number of nitrogens with one attached hydrogen (secondary N) is 1. The Morgan fingerprint density at radius 2 is 1.77 bits per heavy atom. The first-order chi connectivity index (χ1) is 16.9. The summed E-state index contributed by atoms with van der Waals surface area (Å²) in [4.78, 5) is 29.4. The van der Waals surface area contributed by atoms with Crippen molar-refractivity contribution in [1.82, 2.24) is 4.57 Å². The number of hydrogen-bond donors (Lipinski definition) is 1. The van der Waals surface area contributed by atoms with Crippen LogP contribution >= 0.6 is 23.1 Å². The van der Waals surface area contributed by atoms with E-state index in [9.17, 15) is 9.59 Å². The second-order valence-corrected chi connectivity index (χ2v) is 12.7. The molecule has 0 spiro atoms. The zero-order chi connectivity index (χ0) is 24.3. The molecule has 1 N–H and O–H groups in total. The van der Waals surface area contributed by atoms with Crippen LogP contribution in [0.5, 0.6) is 0 Å². The molecule has 2 aromatic carbocycles. The Labute approximate surface area is 214 Å². The minimum atomic E-state index is -0.154. The van der Waals surface area contributed by atoms with Gasteiger partial charge < -0.3 is 10.2 Å². The van der Waals surface area contributed by atoms with E-state index in [1.54, 1.807) is 4.57 Å². The van der Waals surface area contributed by atoms with Crippen molar-refractivity contribution in [2.24, 2.45) is 17.8 Å². The molecule has 2 heterocycles. The smallest absolute Gasteiger partial charge is 0.308 e. The predicted octanol–water partition coefficient (Wildman–Crippen LogP) is 5.58. The quantitative estimate of drug-likeness (QED) is 0.492. The van der Waals surface area contributed by atoms with Gasteiger partial charge in [0.1, 0.15) is 6.54 Å². The zero-order valence-corrected chi connectivity index (χ0v) is 22.0. The largest absolute Gasteiger partial charge is 0.378 e. The Kier molecular flexibility index (Phi) is 5.80. The van der Waals surface area contributed by atoms with Crippen LogP contribution in [0.4, 0.5) is 11.4 Å². The lowest BCUT2D eigenvalue weighted by Gasteiger charge is -2.40. The van der Waals surface area contributed by atoms with Gasteiger partial charge in [-0.3, -0.25) is 14.2 Å². The maximum absolute atomic E-state index is 13.2. The average molecular weight is 506 g/mol. The molecule has 182 valence electrons. The van der Waals surface area contributed by atoms with Crippen LogP contribution < -0.4 is 15.1 Å². The highest BCUT2D eigenvalue weighted by Gasteiger charge is 2.55. The highest BCUT2D eigenvalue weighted by atomic mass is 32.2. The summed E-state index contributed by atoms with van der Waals surface area (Å²) >= 11 is 3.23. The van der Waals surface area contributed by atoms with E-state index in [4.69, 9.17) is 0 Å². The second-order valence-electron chi connectivity index (χ2n) is 10.5. The number of fused-ring (bicyclic) bond motifs is 6. The molecule has 2 aliphatic carbocycles. The highest BCUT2D eigenvalue weighted by molar-refractivity contribution is 8.00. The lowest BCUT2D eigenvalue weighted by atomic mass is 9.75. The molecule has 2 fully saturated rings. The summed E-state index contributed by atoms with van der Waals surface area (Å²) < 4.78 is 1.73. The molecule has 3 aromatic rings. The first-order valence-corrected chi connectivity index (χ1v) is 14.1. The molecule has 2 saturated carbocycles. The summed E-state index contributed by atoms with van der Waals surface area (Å²) in [5.41, 5.74) is 4.39. The maximum atomic E-state index is 13.2. The summed E-state index contributed by atoms with van der Waals surface area (Å²) in [6.07, 6.45) is 3.91. The predicted molar refractivity (Wildman–Crippen MR) is 145 cm³/mol. The highest BCUT2D eigenvalue weighted by Crippen LogP contribution is 2.64. The monoisotopic (exact) mass is 505 g/mol. The van der Waals surface area contributed by atoms with Crippen molar-refractivity contribution in [2.75, 3.05) is 24.3 Å². The first-order valence-electron chi connectivity index (χ1n) is 12.4. The number of rotatable bonds is 5. The molecule has 4 unspecified atom stereocenters. The minimum Gasteiger partial charge on any atom is -0.378 e. The minimum absolute atomic E-state index is 0.0243. The van der Waals surface area contributed by atoms with Crippen molar-refractivity contribution >= 4 is 40.4 Å². The third-order valence-corrected chi connectivity index (χ3v) is 10.9. The van der Waals surface area contributed by atoms with Crippen LogP contribution in [0.15, 0.2) is 58.4 Å². The summed E-state index contributed by atoms with van der Waals surface area (Å²) in [6.45, 7) is 2.08. The summed E-state index contributed by atoms with van der Waals surface area (Å²) in [5, 5.41) is 4.52. The molecular formula is C28H31N3O2S2. The molecule has 0 saturated heterocycles. The second kappa shape index (κ2) is 8.86. The SMILES string of the molecule is Cc1ccc(NC(=O)Cn2c3c(sc2=O)[C@H](c2ccc(N(C)C)cc2)C2C4CCC(C4)C2S3)cc1. The topological polar surface area (TPSA) is 54.3 Å². The van der Waals surface area contributed by atoms with E-state index in [0.29, 0.717) is 11.2 Å². The fourth-order valence-corrected chi connectivity index (χ4v) is 9.57. The third-order valence-electron chi connectivity index (χ3n) is 8.10. The van der Waals surface area contributed by atoms with Crippen LogP contribution in [0.3, 0.4) is 0 Å². The summed E-state index contributed by atoms with van der Waals surface area (Å²) in [7, 11) is 4.12. The van der Waals surface area contributed by atoms with Crippen molar-refractivity contribution in [3.8, 4) is 0 Å². The van der Waals surface area contributed by atoms with Crippen molar-refractivity contribution in [3.63, 3.8) is 0 Å². The molecule has 6 rings (SSSR count). The van der Waals surface area contributed by atoms with E-state index in [-0.39, 0.29) is 23.2 Å². The van der Waals surface area contributed by atoms with Crippen LogP contribution in [-0.4, -0.2) is 29.8 Å². The van der Waals surface area contributed by atoms with E-state index < -0.39 is 0 Å². The number of nitrogens with zero attached hydrogens (tertiary/aromatic N) is 2. The fraction of sp³-hybridized carbons (Fsp3) is 0.429. The van der Waals surface area contributed by atoms with Gasteiger partial charge in [-0.1, -0.05) is 41.2 Å². The lowest BCUT2D eigenvalue weighted by molar-refractivity contribution is -0.116. The van der Waals surface area contributed by atoms with E-state index in [0.717, 1.165) is 33.0 Å². The summed E-state index contributed by atoms with van der Waals surface area (Å²) in [6, 6.07) is 16.6. The van der Waals surface area contributed by atoms with Crippen molar-refractivity contribution in [1.29, 1.82) is 0 Å². The molecule has 1 aromatic heterocycles. The van der Waals surface area contributed by atoms with Gasteiger partial charge in [0.05, 0.1) is 5.03 Å². The number of carbonyl (C=O) groups excluding carboxylic acids is 1. The number of aryl methyl sites for hydroxylation is 1. The van der Waals surface area contributed by atoms with Crippen molar-refractivity contribution in [2.45, 2.75) is 48.9 Å². The van der Waals surface area contributed by atoms with Gasteiger partial charge in [0.2, 0.25) is 5.91 Å². The first kappa shape index (κ1) is 22.9. The van der Waals surface area contributed by atoms with Crippen molar-refractivity contribution < 1.29 is 4.79 Å². The van der Waals surface area contributed by atoms with Gasteiger partial charge in [-0.25, -0.2) is 0 Å². The molecule has 35 heavy (non-hydrogen) atoms. The van der Waals surface area contributed by atoms with Crippen LogP contribution in [0, 0.1) is 24.7 Å². The number of hydrogen-bond acceptors (Lipinski definition) is 5. The zero-order valence-electron chi connectivity index (χ0n) is 20.4. The van der Waals surface area contributed by atoms with Gasteiger partial charge in [0.25, 0.3) is 0 Å². The number of anilines is 2. The number of carbonyl (C=O) groups is 1. The maximum Gasteiger partial charge on any atom is 0.308 e. The number of thiazole rings is 1. The lowest BCUT2D eigenvalue weighted by Crippen LogP contribution is -2.34. The molecule has 5 atom stereocenters. The van der Waals surface area contributed by atoms with Gasteiger partial charge in [-0.15, -0.1) is 11.8 Å². The number of benzene rings is 2. The van der Waals surface area contributed by atoms with Crippen LogP contribution in [0.1, 0.15) is 41.2 Å². The third kappa shape index (κ3) is 4.02. The van der Waals surface area contributed by atoms with E-state index in [2.05, 4.69) is 48.6 Å². The Balaban J connectivity index is 1.35. The van der Waals surface area contributed by atoms with Gasteiger partial charge in [-0.05, 0) is 73.8 Å². The Morgan fingerprint density at radius 1 is 1.06 bits per heavy atom. The molecular weight excluding hydrogens is 474 g/mol. The molecule has 3 aliphatic rings. The van der Waals surface area contributed by atoms with E-state index in [1.165, 1.54) is 41.9 Å². The molecule has 2 bridgehead atoms. The molecule has 1 amide bonds. The number of thioether (sulfide) groups is 1. The van der Waals surface area contributed by atoms with Gasteiger partial charge in [0, 0.05) is 41.5 Å². The van der Waals surface area contributed by atoms with Crippen LogP contribution in [-0.2, 0) is 11.3 Å². The average Bonchev–Trinajstić information content (AvgIpc) is 3.54. The van der Waals surface area contributed by atoms with E-state index in [1.807, 2.05) is 43.0 Å². The van der Waals surface area contributed by atoms with Gasteiger partial charge in [-0.2, -0.15) is 0 Å². The van der Waals surface area contributed by atoms with Crippen LogP contribution in [0.2, 0.25) is 0 Å². The Hall–Kier alpha value is -2.51. The summed E-state index contributed by atoms with van der Waals surface area (Å²) in [5.74, 6) is 2.11. The standard InChI is InChI=1S/C28H31N3O2S2/c1-16-4-10-20(11-5-16)29-22(32)15-31-27-26(35-28(31)33)23(17-8-12-21(13-9-17)30(2)3)24-18-6-7-19(14-18)25(24)34-27/h4-5,8-13,18-19,23-25H,6-7,14-15H2,1-3H3,(H,29,32)/t18?,19?,23-,24?,25?/m1/s1. The Morgan fingerprint density at radius 3 is 2.49 bits per heavy atom.